The molecule has 1 aromatic heterocycles. The number of hydrogen-bond donors (Lipinski definition) is 2. The molecule has 3 rings (SSSR count). The minimum absolute atomic E-state index is 0.246. The van der Waals surface area contributed by atoms with E-state index in [9.17, 15) is 4.79 Å². The summed E-state index contributed by atoms with van der Waals surface area (Å²) in [5, 5.41) is 12.5. The van der Waals surface area contributed by atoms with Crippen LogP contribution in [0.25, 0.3) is 0 Å². The number of aromatic nitrogens is 2. The Labute approximate surface area is 154 Å². The number of carboxylic acids is 1. The van der Waals surface area contributed by atoms with E-state index in [2.05, 4.69) is 53.1 Å². The number of rotatable bonds is 4. The monoisotopic (exact) mass is 354 g/mol. The van der Waals surface area contributed by atoms with Crippen LogP contribution in [0, 0.1) is 33.6 Å². The molecule has 2 heterocycles. The van der Waals surface area contributed by atoms with Gasteiger partial charge in [0.15, 0.2) is 0 Å². The van der Waals surface area contributed by atoms with E-state index in [1.54, 1.807) is 0 Å². The first-order chi connectivity index (χ1) is 12.3. The number of hydrogen-bond acceptors (Lipinski definition) is 5. The summed E-state index contributed by atoms with van der Waals surface area (Å²) < 4.78 is 0. The summed E-state index contributed by atoms with van der Waals surface area (Å²) in [7, 11) is 0. The quantitative estimate of drug-likeness (QED) is 0.870. The number of benzene rings is 1. The van der Waals surface area contributed by atoms with Crippen LogP contribution in [-0.4, -0.2) is 34.1 Å². The summed E-state index contributed by atoms with van der Waals surface area (Å²) in [6.45, 7) is 9.61. The van der Waals surface area contributed by atoms with Crippen LogP contribution in [0.4, 0.5) is 17.5 Å². The summed E-state index contributed by atoms with van der Waals surface area (Å²) in [4.78, 5) is 22.5. The molecule has 0 radical (unpaired) electrons. The van der Waals surface area contributed by atoms with Crippen molar-refractivity contribution in [1.82, 2.24) is 9.97 Å². The molecule has 1 aliphatic rings. The number of anilines is 3. The molecular formula is C20H26N4O2. The molecule has 2 aromatic rings. The molecule has 0 amide bonds. The molecule has 1 saturated heterocycles. The van der Waals surface area contributed by atoms with Crippen LogP contribution in [0.5, 0.6) is 0 Å². The molecule has 2 N–H and O–H groups in total. The van der Waals surface area contributed by atoms with Crippen molar-refractivity contribution in [3.63, 3.8) is 0 Å². The zero-order valence-electron chi connectivity index (χ0n) is 15.8. The average molecular weight is 354 g/mol. The fourth-order valence-electron chi connectivity index (χ4n) is 3.61. The molecule has 0 unspecified atom stereocenters. The van der Waals surface area contributed by atoms with E-state index in [4.69, 9.17) is 5.11 Å². The second kappa shape index (κ2) is 7.32. The van der Waals surface area contributed by atoms with Gasteiger partial charge in [0, 0.05) is 30.5 Å². The molecule has 0 atom stereocenters. The number of carbonyl (C=O) groups is 1. The Morgan fingerprint density at radius 2 is 1.69 bits per heavy atom. The Hall–Kier alpha value is -2.63. The van der Waals surface area contributed by atoms with Crippen LogP contribution < -0.4 is 10.2 Å². The Balaban J connectivity index is 1.82. The van der Waals surface area contributed by atoms with E-state index in [0.29, 0.717) is 31.9 Å². The van der Waals surface area contributed by atoms with Crippen LogP contribution in [-0.2, 0) is 4.79 Å². The Morgan fingerprint density at radius 3 is 2.27 bits per heavy atom. The molecule has 0 saturated carbocycles. The van der Waals surface area contributed by atoms with Crippen molar-refractivity contribution >= 4 is 23.4 Å². The molecule has 1 aliphatic heterocycles. The second-order valence-electron chi connectivity index (χ2n) is 7.19. The van der Waals surface area contributed by atoms with Crippen molar-refractivity contribution in [1.29, 1.82) is 0 Å². The normalized spacial score (nSPS) is 15.2. The van der Waals surface area contributed by atoms with Crippen LogP contribution in [0.3, 0.4) is 0 Å². The molecule has 6 heteroatoms. The van der Waals surface area contributed by atoms with Crippen LogP contribution in [0.1, 0.15) is 35.2 Å². The summed E-state index contributed by atoms with van der Waals surface area (Å²) in [5.74, 6) is 0.488. The molecule has 0 spiro atoms. The van der Waals surface area contributed by atoms with Gasteiger partial charge < -0.3 is 15.3 Å². The van der Waals surface area contributed by atoms with Gasteiger partial charge in [-0.3, -0.25) is 4.79 Å². The van der Waals surface area contributed by atoms with Crippen LogP contribution in [0.2, 0.25) is 0 Å². The zero-order chi connectivity index (χ0) is 18.8. The van der Waals surface area contributed by atoms with Crippen molar-refractivity contribution in [2.24, 2.45) is 5.92 Å². The van der Waals surface area contributed by atoms with E-state index in [-0.39, 0.29) is 5.92 Å². The Kier molecular flexibility index (Phi) is 5.11. The lowest BCUT2D eigenvalue weighted by atomic mass is 9.97. The van der Waals surface area contributed by atoms with Crippen molar-refractivity contribution in [3.05, 3.63) is 40.6 Å². The second-order valence-corrected chi connectivity index (χ2v) is 7.19. The van der Waals surface area contributed by atoms with Crippen LogP contribution >= 0.6 is 0 Å². The molecule has 0 aliphatic carbocycles. The molecule has 0 bridgehead atoms. The number of nitrogens with zero attached hydrogens (tertiary/aromatic N) is 3. The zero-order valence-corrected chi connectivity index (χ0v) is 15.8. The number of piperidine rings is 1. The lowest BCUT2D eigenvalue weighted by Gasteiger charge is -2.31. The van der Waals surface area contributed by atoms with Gasteiger partial charge in [-0.05, 0) is 51.7 Å². The molecular weight excluding hydrogens is 328 g/mol. The van der Waals surface area contributed by atoms with Gasteiger partial charge in [-0.25, -0.2) is 4.98 Å². The molecule has 1 aromatic carbocycles. The maximum absolute atomic E-state index is 11.1. The standard InChI is InChI=1S/C20H26N4O2/c1-12-9-13(2)18(14(3)10-12)23-20-21-15(4)11-17(22-20)24-7-5-16(6-8-24)19(25)26/h9-11,16H,5-8H2,1-4H3,(H,25,26)(H,21,22,23). The van der Waals surface area contributed by atoms with Gasteiger partial charge in [0.2, 0.25) is 5.95 Å². The first kappa shape index (κ1) is 18.2. The SMILES string of the molecule is Cc1cc(C)c(Nc2nc(C)cc(N3CCC(C(=O)O)CC3)n2)c(C)c1. The van der Waals surface area contributed by atoms with Gasteiger partial charge in [-0.15, -0.1) is 0 Å². The smallest absolute Gasteiger partial charge is 0.306 e. The Morgan fingerprint density at radius 1 is 1.08 bits per heavy atom. The predicted molar refractivity (Wildman–Crippen MR) is 103 cm³/mol. The highest BCUT2D eigenvalue weighted by molar-refractivity contribution is 5.70. The molecule has 138 valence electrons. The van der Waals surface area contributed by atoms with E-state index in [0.717, 1.165) is 28.3 Å². The number of aliphatic carboxylic acids is 1. The highest BCUT2D eigenvalue weighted by atomic mass is 16.4. The van der Waals surface area contributed by atoms with Gasteiger partial charge in [-0.2, -0.15) is 4.98 Å². The first-order valence-electron chi connectivity index (χ1n) is 9.02. The average Bonchev–Trinajstić information content (AvgIpc) is 2.57. The maximum atomic E-state index is 11.1. The van der Waals surface area contributed by atoms with Gasteiger partial charge >= 0.3 is 5.97 Å². The lowest BCUT2D eigenvalue weighted by Crippen LogP contribution is -2.36. The van der Waals surface area contributed by atoms with Gasteiger partial charge in [0.25, 0.3) is 0 Å². The summed E-state index contributed by atoms with van der Waals surface area (Å²) in [6.07, 6.45) is 1.30. The molecule has 26 heavy (non-hydrogen) atoms. The van der Waals surface area contributed by atoms with E-state index < -0.39 is 5.97 Å². The number of carboxylic acid groups (broad SMARTS) is 1. The van der Waals surface area contributed by atoms with E-state index in [1.807, 2.05) is 13.0 Å². The summed E-state index contributed by atoms with van der Waals surface area (Å²) in [6, 6.07) is 6.24. The van der Waals surface area contributed by atoms with Crippen molar-refractivity contribution in [2.75, 3.05) is 23.3 Å². The minimum atomic E-state index is -0.698. The maximum Gasteiger partial charge on any atom is 0.306 e. The summed E-state index contributed by atoms with van der Waals surface area (Å²) in [5.41, 5.74) is 5.49. The number of nitrogens with one attached hydrogen (secondary N) is 1. The topological polar surface area (TPSA) is 78.4 Å². The third-order valence-corrected chi connectivity index (χ3v) is 4.92. The van der Waals surface area contributed by atoms with E-state index in [1.165, 1.54) is 5.56 Å². The Bertz CT molecular complexity index is 804. The third kappa shape index (κ3) is 3.95. The van der Waals surface area contributed by atoms with Crippen LogP contribution in [0.15, 0.2) is 18.2 Å². The predicted octanol–water partition coefficient (Wildman–Crippen LogP) is 3.75. The van der Waals surface area contributed by atoms with Crippen molar-refractivity contribution in [2.45, 2.75) is 40.5 Å². The minimum Gasteiger partial charge on any atom is -0.481 e. The molecule has 1 fully saturated rings. The fourth-order valence-corrected chi connectivity index (χ4v) is 3.61. The largest absolute Gasteiger partial charge is 0.481 e. The highest BCUT2D eigenvalue weighted by Crippen LogP contribution is 2.27. The van der Waals surface area contributed by atoms with E-state index >= 15 is 0 Å². The number of aryl methyl sites for hydroxylation is 4. The first-order valence-corrected chi connectivity index (χ1v) is 9.02. The fraction of sp³-hybridized carbons (Fsp3) is 0.450. The lowest BCUT2D eigenvalue weighted by molar-refractivity contribution is -0.142. The highest BCUT2D eigenvalue weighted by Gasteiger charge is 2.25. The van der Waals surface area contributed by atoms with Gasteiger partial charge in [0.05, 0.1) is 5.92 Å². The van der Waals surface area contributed by atoms with Gasteiger partial charge in [0.1, 0.15) is 5.82 Å². The summed E-state index contributed by atoms with van der Waals surface area (Å²) >= 11 is 0. The van der Waals surface area contributed by atoms with Crippen molar-refractivity contribution in [3.8, 4) is 0 Å². The van der Waals surface area contributed by atoms with Crippen molar-refractivity contribution < 1.29 is 9.90 Å². The van der Waals surface area contributed by atoms with Gasteiger partial charge in [-0.1, -0.05) is 17.7 Å². The molecule has 6 nitrogen and oxygen atoms in total. The third-order valence-electron chi connectivity index (χ3n) is 4.92.